The number of amides is 1. The van der Waals surface area contributed by atoms with Crippen LogP contribution in [0.1, 0.15) is 36.0 Å². The summed E-state index contributed by atoms with van der Waals surface area (Å²) in [5.74, 6) is -0.0289. The fourth-order valence-corrected chi connectivity index (χ4v) is 4.04. The first-order valence-electron chi connectivity index (χ1n) is 8.07. The third-order valence-corrected chi connectivity index (χ3v) is 5.77. The molecular formula is C16H22N2O4S. The molecule has 0 radical (unpaired) electrons. The minimum atomic E-state index is -3.56. The van der Waals surface area contributed by atoms with Gasteiger partial charge in [-0.2, -0.15) is 0 Å². The van der Waals surface area contributed by atoms with Crippen LogP contribution in [-0.4, -0.2) is 51.6 Å². The zero-order valence-corrected chi connectivity index (χ0v) is 13.8. The van der Waals surface area contributed by atoms with Gasteiger partial charge in [0.2, 0.25) is 10.0 Å². The van der Waals surface area contributed by atoms with Crippen LogP contribution < -0.4 is 4.72 Å². The van der Waals surface area contributed by atoms with Crippen molar-refractivity contribution in [3.63, 3.8) is 0 Å². The summed E-state index contributed by atoms with van der Waals surface area (Å²) >= 11 is 0. The van der Waals surface area contributed by atoms with Gasteiger partial charge < -0.3 is 9.64 Å². The summed E-state index contributed by atoms with van der Waals surface area (Å²) < 4.78 is 32.5. The Labute approximate surface area is 136 Å². The maximum atomic E-state index is 12.3. The molecule has 2 heterocycles. The van der Waals surface area contributed by atoms with Crippen molar-refractivity contribution in [1.82, 2.24) is 9.62 Å². The Hall–Kier alpha value is -1.44. The van der Waals surface area contributed by atoms with Crippen LogP contribution in [-0.2, 0) is 14.8 Å². The van der Waals surface area contributed by atoms with Crippen molar-refractivity contribution in [3.8, 4) is 0 Å². The highest BCUT2D eigenvalue weighted by atomic mass is 32.2. The average Bonchev–Trinajstić information content (AvgIpc) is 3.26. The van der Waals surface area contributed by atoms with E-state index in [0.717, 1.165) is 38.8 Å². The molecule has 2 aliphatic heterocycles. The molecule has 3 rings (SSSR count). The van der Waals surface area contributed by atoms with Crippen LogP contribution in [0, 0.1) is 0 Å². The van der Waals surface area contributed by atoms with Crippen molar-refractivity contribution < 1.29 is 17.9 Å². The lowest BCUT2D eigenvalue weighted by Crippen LogP contribution is -2.32. The molecule has 2 saturated heterocycles. The SMILES string of the molecule is O=C(c1ccc(S(=O)(=O)NC[C@@H]2CCCO2)cc1)N1CCCC1. The molecule has 23 heavy (non-hydrogen) atoms. The van der Waals surface area contributed by atoms with Crippen molar-refractivity contribution in [2.45, 2.75) is 36.7 Å². The smallest absolute Gasteiger partial charge is 0.253 e. The van der Waals surface area contributed by atoms with Gasteiger partial charge in [-0.3, -0.25) is 4.79 Å². The first-order valence-corrected chi connectivity index (χ1v) is 9.55. The normalized spacial score (nSPS) is 21.7. The van der Waals surface area contributed by atoms with Crippen molar-refractivity contribution in [3.05, 3.63) is 29.8 Å². The second kappa shape index (κ2) is 6.98. The first-order chi connectivity index (χ1) is 11.1. The van der Waals surface area contributed by atoms with Gasteiger partial charge in [0.15, 0.2) is 0 Å². The number of carbonyl (C=O) groups excluding carboxylic acids is 1. The Morgan fingerprint density at radius 1 is 1.17 bits per heavy atom. The van der Waals surface area contributed by atoms with E-state index in [2.05, 4.69) is 4.72 Å². The molecule has 1 amide bonds. The van der Waals surface area contributed by atoms with Crippen molar-refractivity contribution >= 4 is 15.9 Å². The first kappa shape index (κ1) is 16.4. The Kier molecular flexibility index (Phi) is 4.99. The summed E-state index contributed by atoms with van der Waals surface area (Å²) in [5, 5.41) is 0. The zero-order valence-electron chi connectivity index (χ0n) is 13.0. The predicted molar refractivity (Wildman–Crippen MR) is 85.7 cm³/mol. The maximum absolute atomic E-state index is 12.3. The number of benzene rings is 1. The van der Waals surface area contributed by atoms with E-state index >= 15 is 0 Å². The number of rotatable bonds is 5. The maximum Gasteiger partial charge on any atom is 0.253 e. The molecule has 0 unspecified atom stereocenters. The molecule has 2 aliphatic rings. The number of nitrogens with zero attached hydrogens (tertiary/aromatic N) is 1. The largest absolute Gasteiger partial charge is 0.377 e. The number of likely N-dealkylation sites (tertiary alicyclic amines) is 1. The van der Waals surface area contributed by atoms with Crippen LogP contribution >= 0.6 is 0 Å². The van der Waals surface area contributed by atoms with E-state index in [4.69, 9.17) is 4.74 Å². The van der Waals surface area contributed by atoms with Gasteiger partial charge in [-0.05, 0) is 49.9 Å². The minimum absolute atomic E-state index is 0.0289. The molecule has 0 saturated carbocycles. The molecule has 0 spiro atoms. The van der Waals surface area contributed by atoms with Gasteiger partial charge in [-0.1, -0.05) is 0 Å². The lowest BCUT2D eigenvalue weighted by Gasteiger charge is -2.15. The quantitative estimate of drug-likeness (QED) is 0.880. The van der Waals surface area contributed by atoms with E-state index in [-0.39, 0.29) is 23.5 Å². The molecule has 0 bridgehead atoms. The van der Waals surface area contributed by atoms with E-state index in [1.807, 2.05) is 0 Å². The fourth-order valence-electron chi connectivity index (χ4n) is 2.97. The summed E-state index contributed by atoms with van der Waals surface area (Å²) in [6, 6.07) is 6.14. The topological polar surface area (TPSA) is 75.7 Å². The monoisotopic (exact) mass is 338 g/mol. The summed E-state index contributed by atoms with van der Waals surface area (Å²) in [4.78, 5) is 14.2. The van der Waals surface area contributed by atoms with E-state index in [0.29, 0.717) is 12.2 Å². The summed E-state index contributed by atoms with van der Waals surface area (Å²) in [5.41, 5.74) is 0.532. The number of nitrogens with one attached hydrogen (secondary N) is 1. The van der Waals surface area contributed by atoms with E-state index in [1.165, 1.54) is 12.1 Å². The van der Waals surface area contributed by atoms with Gasteiger partial charge in [0.05, 0.1) is 11.0 Å². The molecule has 2 fully saturated rings. The standard InChI is InChI=1S/C16H22N2O4S/c19-16(18-9-1-2-10-18)13-5-7-15(8-6-13)23(20,21)17-12-14-4-3-11-22-14/h5-8,14,17H,1-4,9-12H2/t14-/m0/s1. The average molecular weight is 338 g/mol. The van der Waals surface area contributed by atoms with Crippen LogP contribution in [0.3, 0.4) is 0 Å². The molecule has 0 aromatic heterocycles. The van der Waals surface area contributed by atoms with Crippen LogP contribution in [0.4, 0.5) is 0 Å². The third-order valence-electron chi connectivity index (χ3n) is 4.33. The number of hydrogen-bond donors (Lipinski definition) is 1. The Balaban J connectivity index is 1.64. The van der Waals surface area contributed by atoms with Gasteiger partial charge in [-0.25, -0.2) is 13.1 Å². The fraction of sp³-hybridized carbons (Fsp3) is 0.562. The molecule has 7 heteroatoms. The minimum Gasteiger partial charge on any atom is -0.377 e. The molecule has 6 nitrogen and oxygen atoms in total. The van der Waals surface area contributed by atoms with E-state index in [9.17, 15) is 13.2 Å². The lowest BCUT2D eigenvalue weighted by atomic mass is 10.2. The molecule has 1 N–H and O–H groups in total. The summed E-state index contributed by atoms with van der Waals surface area (Å²) in [6.07, 6.45) is 3.88. The highest BCUT2D eigenvalue weighted by Crippen LogP contribution is 2.16. The Bertz CT molecular complexity index is 645. The van der Waals surface area contributed by atoms with E-state index in [1.54, 1.807) is 17.0 Å². The number of sulfonamides is 1. The van der Waals surface area contributed by atoms with Gasteiger partial charge >= 0.3 is 0 Å². The molecule has 126 valence electrons. The highest BCUT2D eigenvalue weighted by molar-refractivity contribution is 7.89. The lowest BCUT2D eigenvalue weighted by molar-refractivity contribution is 0.0792. The molecule has 1 atom stereocenters. The number of carbonyl (C=O) groups is 1. The van der Waals surface area contributed by atoms with Crippen molar-refractivity contribution in [2.24, 2.45) is 0 Å². The van der Waals surface area contributed by atoms with Crippen LogP contribution in [0.15, 0.2) is 29.2 Å². The van der Waals surface area contributed by atoms with Gasteiger partial charge in [0.1, 0.15) is 0 Å². The molecule has 1 aromatic carbocycles. The van der Waals surface area contributed by atoms with Gasteiger partial charge in [-0.15, -0.1) is 0 Å². The molecule has 0 aliphatic carbocycles. The molecular weight excluding hydrogens is 316 g/mol. The second-order valence-electron chi connectivity index (χ2n) is 6.01. The summed E-state index contributed by atoms with van der Waals surface area (Å²) in [7, 11) is -3.56. The summed E-state index contributed by atoms with van der Waals surface area (Å²) in [6.45, 7) is 2.54. The predicted octanol–water partition coefficient (Wildman–Crippen LogP) is 1.38. The second-order valence-corrected chi connectivity index (χ2v) is 7.78. The number of ether oxygens (including phenoxy) is 1. The Morgan fingerprint density at radius 2 is 1.87 bits per heavy atom. The number of hydrogen-bond acceptors (Lipinski definition) is 4. The van der Waals surface area contributed by atoms with Gasteiger partial charge in [0.25, 0.3) is 5.91 Å². The van der Waals surface area contributed by atoms with Crippen molar-refractivity contribution in [2.75, 3.05) is 26.2 Å². The van der Waals surface area contributed by atoms with Crippen LogP contribution in [0.25, 0.3) is 0 Å². The zero-order chi connectivity index (χ0) is 16.3. The van der Waals surface area contributed by atoms with E-state index < -0.39 is 10.0 Å². The molecule has 1 aromatic rings. The van der Waals surface area contributed by atoms with Crippen LogP contribution in [0.2, 0.25) is 0 Å². The Morgan fingerprint density at radius 3 is 2.48 bits per heavy atom. The third kappa shape index (κ3) is 3.91. The van der Waals surface area contributed by atoms with Crippen LogP contribution in [0.5, 0.6) is 0 Å². The van der Waals surface area contributed by atoms with Crippen molar-refractivity contribution in [1.29, 1.82) is 0 Å². The van der Waals surface area contributed by atoms with Gasteiger partial charge in [0, 0.05) is 31.8 Å². The highest BCUT2D eigenvalue weighted by Gasteiger charge is 2.22.